The number of amides is 3. The van der Waals surface area contributed by atoms with Crippen molar-refractivity contribution in [2.45, 2.75) is 56.2 Å². The Labute approximate surface area is 225 Å². The van der Waals surface area contributed by atoms with Crippen molar-refractivity contribution in [3.63, 3.8) is 0 Å². The maximum absolute atomic E-state index is 13.3. The van der Waals surface area contributed by atoms with Crippen molar-refractivity contribution in [1.82, 2.24) is 25.3 Å². The van der Waals surface area contributed by atoms with Gasteiger partial charge in [-0.05, 0) is 19.8 Å². The molecule has 0 unspecified atom stereocenters. The van der Waals surface area contributed by atoms with E-state index in [0.29, 0.717) is 37.4 Å². The van der Waals surface area contributed by atoms with E-state index in [9.17, 15) is 29.4 Å². The summed E-state index contributed by atoms with van der Waals surface area (Å²) in [4.78, 5) is 59.5. The minimum Gasteiger partial charge on any atom is -0.477 e. The van der Waals surface area contributed by atoms with Crippen molar-refractivity contribution in [2.75, 3.05) is 40.3 Å². The number of aliphatic carboxylic acids is 1. The molecule has 4 rings (SSSR count). The lowest BCUT2D eigenvalue weighted by atomic mass is 9.79. The lowest BCUT2D eigenvalue weighted by molar-refractivity contribution is -0.163. The fourth-order valence-corrected chi connectivity index (χ4v) is 7.37. The number of aliphatic imine (C=N–C) groups is 1. The van der Waals surface area contributed by atoms with E-state index in [4.69, 9.17) is 5.73 Å². The first-order valence-electron chi connectivity index (χ1n) is 12.8. The summed E-state index contributed by atoms with van der Waals surface area (Å²) in [6.45, 7) is 5.00. The Morgan fingerprint density at radius 2 is 2.08 bits per heavy atom. The number of aliphatic hydroxyl groups is 1. The number of guanidine groups is 1. The van der Waals surface area contributed by atoms with Crippen LogP contribution in [0.5, 0.6) is 0 Å². The highest BCUT2D eigenvalue weighted by Gasteiger charge is 2.60. The maximum Gasteiger partial charge on any atom is 0.353 e. The number of thioether (sulfide) groups is 1. The molecule has 38 heavy (non-hydrogen) atoms. The molecule has 7 atom stereocenters. The molecule has 0 spiro atoms. The molecule has 3 fully saturated rings. The molecule has 4 aliphatic heterocycles. The number of nitrogens with one attached hydrogen (secondary N) is 2. The Balaban J connectivity index is 1.33. The summed E-state index contributed by atoms with van der Waals surface area (Å²) in [5.41, 5.74) is 5.59. The van der Waals surface area contributed by atoms with Crippen LogP contribution in [0.25, 0.3) is 0 Å². The van der Waals surface area contributed by atoms with Gasteiger partial charge in [-0.2, -0.15) is 0 Å². The van der Waals surface area contributed by atoms with E-state index in [2.05, 4.69) is 15.6 Å². The van der Waals surface area contributed by atoms with Crippen LogP contribution in [0, 0.1) is 11.8 Å². The van der Waals surface area contributed by atoms with Crippen LogP contribution in [-0.4, -0.2) is 124 Å². The fourth-order valence-electron chi connectivity index (χ4n) is 5.89. The van der Waals surface area contributed by atoms with Crippen LogP contribution >= 0.6 is 11.8 Å². The number of carboxylic acid groups (broad SMARTS) is 1. The van der Waals surface area contributed by atoms with Gasteiger partial charge in [0.1, 0.15) is 5.70 Å². The lowest BCUT2D eigenvalue weighted by Gasteiger charge is -2.46. The van der Waals surface area contributed by atoms with E-state index in [-0.39, 0.29) is 59.2 Å². The van der Waals surface area contributed by atoms with Gasteiger partial charge in [0.05, 0.1) is 36.7 Å². The Bertz CT molecular complexity index is 1060. The molecule has 4 aliphatic rings. The third-order valence-corrected chi connectivity index (χ3v) is 9.58. The molecule has 3 amide bonds. The van der Waals surface area contributed by atoms with E-state index in [0.717, 1.165) is 0 Å². The Morgan fingerprint density at radius 1 is 1.37 bits per heavy atom. The molecular formula is C24H37N7O6S. The number of aliphatic hydroxyl groups excluding tert-OH is 1. The number of likely N-dealkylation sites (tertiary alicyclic amines) is 1. The molecule has 210 valence electrons. The van der Waals surface area contributed by atoms with Gasteiger partial charge in [-0.3, -0.25) is 19.4 Å². The van der Waals surface area contributed by atoms with Crippen LogP contribution in [0.3, 0.4) is 0 Å². The summed E-state index contributed by atoms with van der Waals surface area (Å²) in [6, 6.07) is -0.847. The first-order chi connectivity index (χ1) is 18.0. The standard InChI is InChI=1S/C24H37N7O6S/c1-11-18-17(12(2)32)22(35)31(18)19(23(36)37)20(11)38-14-7-15(27-8-14)21(34)30-6-5-13(10-30)29(4)16(33)9-28-24(25)26-3/h11-15,17-18,27,32H,5-10H2,1-4H3,(H,36,37)(H3,25,26,28)/t11-,12-,13+,14+,15+,17-,18-/m1/s1. The van der Waals surface area contributed by atoms with Gasteiger partial charge in [-0.1, -0.05) is 6.92 Å². The van der Waals surface area contributed by atoms with E-state index in [1.54, 1.807) is 23.8 Å². The maximum atomic E-state index is 13.3. The molecule has 0 bridgehead atoms. The predicted molar refractivity (Wildman–Crippen MR) is 141 cm³/mol. The van der Waals surface area contributed by atoms with E-state index in [1.165, 1.54) is 23.7 Å². The zero-order valence-corrected chi connectivity index (χ0v) is 22.9. The minimum absolute atomic E-state index is 0.000667. The highest BCUT2D eigenvalue weighted by molar-refractivity contribution is 8.03. The Morgan fingerprint density at radius 3 is 2.71 bits per heavy atom. The van der Waals surface area contributed by atoms with Gasteiger partial charge < -0.3 is 41.3 Å². The second-order valence-corrected chi connectivity index (χ2v) is 11.7. The summed E-state index contributed by atoms with van der Waals surface area (Å²) in [5.74, 6) is -2.30. The topological polar surface area (TPSA) is 181 Å². The molecule has 0 aromatic carbocycles. The molecule has 0 radical (unpaired) electrons. The average molecular weight is 552 g/mol. The summed E-state index contributed by atoms with van der Waals surface area (Å²) in [7, 11) is 3.25. The largest absolute Gasteiger partial charge is 0.477 e. The zero-order valence-electron chi connectivity index (χ0n) is 22.1. The molecule has 0 aliphatic carbocycles. The van der Waals surface area contributed by atoms with Crippen molar-refractivity contribution in [2.24, 2.45) is 22.6 Å². The van der Waals surface area contributed by atoms with Crippen LogP contribution in [0.1, 0.15) is 26.7 Å². The number of rotatable bonds is 8. The van der Waals surface area contributed by atoms with Gasteiger partial charge in [0, 0.05) is 49.8 Å². The highest BCUT2D eigenvalue weighted by Crippen LogP contribution is 2.51. The summed E-state index contributed by atoms with van der Waals surface area (Å²) in [5, 5.41) is 25.9. The normalized spacial score (nSPS) is 31.8. The molecule has 14 heteroatoms. The number of carbonyl (C=O) groups excluding carboxylic acids is 3. The van der Waals surface area contributed by atoms with Crippen molar-refractivity contribution >= 4 is 41.4 Å². The summed E-state index contributed by atoms with van der Waals surface area (Å²) < 4.78 is 0. The summed E-state index contributed by atoms with van der Waals surface area (Å²) in [6.07, 6.45) is 0.359. The Hall–Kier alpha value is -2.84. The minimum atomic E-state index is -1.15. The second kappa shape index (κ2) is 11.1. The Kier molecular flexibility index (Phi) is 8.23. The van der Waals surface area contributed by atoms with Crippen LogP contribution in [0.4, 0.5) is 0 Å². The third kappa shape index (κ3) is 5.08. The van der Waals surface area contributed by atoms with Gasteiger partial charge in [0.25, 0.3) is 0 Å². The fraction of sp³-hybridized carbons (Fsp3) is 0.708. The molecule has 3 saturated heterocycles. The number of fused-ring (bicyclic) bond motifs is 1. The van der Waals surface area contributed by atoms with Crippen LogP contribution in [-0.2, 0) is 19.2 Å². The molecule has 13 nitrogen and oxygen atoms in total. The molecule has 0 saturated carbocycles. The van der Waals surface area contributed by atoms with E-state index in [1.807, 2.05) is 6.92 Å². The zero-order chi connectivity index (χ0) is 27.9. The quantitative estimate of drug-likeness (QED) is 0.131. The second-order valence-electron chi connectivity index (χ2n) is 10.4. The molecule has 4 heterocycles. The third-order valence-electron chi connectivity index (χ3n) is 8.07. The van der Waals surface area contributed by atoms with E-state index >= 15 is 0 Å². The van der Waals surface area contributed by atoms with Crippen LogP contribution < -0.4 is 16.4 Å². The number of carbonyl (C=O) groups is 4. The monoisotopic (exact) mass is 551 g/mol. The van der Waals surface area contributed by atoms with Gasteiger partial charge in [-0.15, -0.1) is 11.8 Å². The van der Waals surface area contributed by atoms with Crippen LogP contribution in [0.15, 0.2) is 15.6 Å². The number of β-lactam (4-membered cyclic amide) rings is 1. The first-order valence-corrected chi connectivity index (χ1v) is 13.7. The van der Waals surface area contributed by atoms with Gasteiger partial charge >= 0.3 is 5.97 Å². The number of likely N-dealkylation sites (N-methyl/N-ethyl adjacent to an activating group) is 1. The number of hydrogen-bond acceptors (Lipinski definition) is 8. The molecular weight excluding hydrogens is 514 g/mol. The first kappa shape index (κ1) is 28.2. The number of nitrogens with two attached hydrogens (primary N) is 1. The molecule has 0 aromatic rings. The van der Waals surface area contributed by atoms with Crippen molar-refractivity contribution in [3.8, 4) is 0 Å². The number of hydrogen-bond donors (Lipinski definition) is 5. The van der Waals surface area contributed by atoms with Gasteiger partial charge in [0.15, 0.2) is 5.96 Å². The highest BCUT2D eigenvalue weighted by atomic mass is 32.2. The lowest BCUT2D eigenvalue weighted by Crippen LogP contribution is -2.63. The number of nitrogens with zero attached hydrogens (tertiary/aromatic N) is 4. The van der Waals surface area contributed by atoms with Gasteiger partial charge in [-0.25, -0.2) is 4.79 Å². The smallest absolute Gasteiger partial charge is 0.353 e. The SMILES string of the molecule is CN=C(N)NCC(=O)N(C)[C@H]1CCN(C(=O)[C@@H]2C[C@H](SC3=C(C(=O)O)N4C(=O)[C@H]([C@@H](C)O)[C@H]4[C@H]3C)CN2)C1. The molecule has 6 N–H and O–H groups in total. The van der Waals surface area contributed by atoms with Crippen molar-refractivity contribution < 1.29 is 29.4 Å². The van der Waals surface area contributed by atoms with E-state index < -0.39 is 24.0 Å². The van der Waals surface area contributed by atoms with Gasteiger partial charge in [0.2, 0.25) is 17.7 Å². The number of carboxylic acids is 1. The average Bonchev–Trinajstić information content (AvgIpc) is 3.60. The van der Waals surface area contributed by atoms with Crippen molar-refractivity contribution in [1.29, 1.82) is 0 Å². The predicted octanol–water partition coefficient (Wildman–Crippen LogP) is -1.80. The summed E-state index contributed by atoms with van der Waals surface area (Å²) >= 11 is 1.42. The van der Waals surface area contributed by atoms with Crippen LogP contribution in [0.2, 0.25) is 0 Å². The molecule has 0 aromatic heterocycles. The van der Waals surface area contributed by atoms with Crippen molar-refractivity contribution in [3.05, 3.63) is 10.6 Å².